The Morgan fingerprint density at radius 3 is 2.74 bits per heavy atom. The maximum absolute atomic E-state index is 10.8. The molecule has 0 radical (unpaired) electrons. The van der Waals surface area contributed by atoms with E-state index in [9.17, 15) is 4.79 Å². The lowest BCUT2D eigenvalue weighted by molar-refractivity contribution is 0.0690. The third kappa shape index (κ3) is 2.44. The lowest BCUT2D eigenvalue weighted by Crippen LogP contribution is -2.46. The van der Waals surface area contributed by atoms with Crippen molar-refractivity contribution in [1.29, 1.82) is 0 Å². The Bertz CT molecular complexity index is 456. The predicted molar refractivity (Wildman–Crippen MR) is 73.5 cm³/mol. The highest BCUT2D eigenvalue weighted by molar-refractivity contribution is 5.85. The quantitative estimate of drug-likeness (QED) is 0.888. The van der Waals surface area contributed by atoms with Gasteiger partial charge in [0, 0.05) is 12.6 Å². The van der Waals surface area contributed by atoms with Gasteiger partial charge in [-0.25, -0.2) is 9.78 Å². The van der Waals surface area contributed by atoms with Crippen molar-refractivity contribution in [2.24, 2.45) is 5.92 Å². The fourth-order valence-corrected chi connectivity index (χ4v) is 3.63. The summed E-state index contributed by atoms with van der Waals surface area (Å²) in [7, 11) is 0. The molecule has 1 saturated heterocycles. The lowest BCUT2D eigenvalue weighted by atomic mass is 9.78. The van der Waals surface area contributed by atoms with Gasteiger partial charge in [0.2, 0.25) is 0 Å². The van der Waals surface area contributed by atoms with Gasteiger partial charge in [-0.3, -0.25) is 0 Å². The molecule has 1 aliphatic heterocycles. The van der Waals surface area contributed by atoms with Gasteiger partial charge in [-0.1, -0.05) is 12.8 Å². The summed E-state index contributed by atoms with van der Waals surface area (Å²) >= 11 is 0. The summed E-state index contributed by atoms with van der Waals surface area (Å²) in [6.45, 7) is 1.08. The first-order valence-electron chi connectivity index (χ1n) is 7.22. The molecule has 4 heteroatoms. The normalized spacial score (nSPS) is 26.8. The molecular formula is C15H20N2O2. The SMILES string of the molecule is O=C(O)c1ccc(N2CCC[C@H]3CCCC[C@H]32)cn1. The highest BCUT2D eigenvalue weighted by atomic mass is 16.4. The highest BCUT2D eigenvalue weighted by Gasteiger charge is 2.33. The number of pyridine rings is 1. The van der Waals surface area contributed by atoms with Crippen LogP contribution in [0.15, 0.2) is 18.3 Å². The van der Waals surface area contributed by atoms with Crippen molar-refractivity contribution >= 4 is 11.7 Å². The van der Waals surface area contributed by atoms with Gasteiger partial charge in [-0.15, -0.1) is 0 Å². The number of hydrogen-bond acceptors (Lipinski definition) is 3. The fraction of sp³-hybridized carbons (Fsp3) is 0.600. The number of fused-ring (bicyclic) bond motifs is 1. The van der Waals surface area contributed by atoms with Gasteiger partial charge in [0.15, 0.2) is 0 Å². The molecule has 1 saturated carbocycles. The predicted octanol–water partition coefficient (Wildman–Crippen LogP) is 2.94. The third-order valence-corrected chi connectivity index (χ3v) is 4.54. The van der Waals surface area contributed by atoms with E-state index in [0.717, 1.165) is 18.2 Å². The summed E-state index contributed by atoms with van der Waals surface area (Å²) < 4.78 is 0. The molecule has 0 bridgehead atoms. The molecule has 0 spiro atoms. The maximum Gasteiger partial charge on any atom is 0.354 e. The zero-order valence-corrected chi connectivity index (χ0v) is 11.1. The molecular weight excluding hydrogens is 240 g/mol. The molecule has 2 atom stereocenters. The van der Waals surface area contributed by atoms with Crippen molar-refractivity contribution in [3.8, 4) is 0 Å². The Hall–Kier alpha value is -1.58. The Kier molecular flexibility index (Phi) is 3.40. The number of carboxylic acid groups (broad SMARTS) is 1. The number of anilines is 1. The second-order valence-electron chi connectivity index (χ2n) is 5.65. The van der Waals surface area contributed by atoms with E-state index >= 15 is 0 Å². The second kappa shape index (κ2) is 5.19. The average Bonchev–Trinajstić information content (AvgIpc) is 2.47. The van der Waals surface area contributed by atoms with Crippen molar-refractivity contribution in [2.75, 3.05) is 11.4 Å². The van der Waals surface area contributed by atoms with Gasteiger partial charge in [0.05, 0.1) is 11.9 Å². The number of aromatic nitrogens is 1. The molecule has 3 rings (SSSR count). The van der Waals surface area contributed by atoms with Crippen LogP contribution < -0.4 is 4.90 Å². The highest BCUT2D eigenvalue weighted by Crippen LogP contribution is 2.37. The summed E-state index contributed by atoms with van der Waals surface area (Å²) in [6.07, 6.45) is 9.61. The van der Waals surface area contributed by atoms with Crippen LogP contribution in [0.2, 0.25) is 0 Å². The minimum Gasteiger partial charge on any atom is -0.477 e. The molecule has 2 aliphatic rings. The number of piperidine rings is 1. The van der Waals surface area contributed by atoms with Crippen molar-refractivity contribution < 1.29 is 9.90 Å². The maximum atomic E-state index is 10.8. The van der Waals surface area contributed by atoms with Crippen molar-refractivity contribution in [3.63, 3.8) is 0 Å². The molecule has 19 heavy (non-hydrogen) atoms. The van der Waals surface area contributed by atoms with E-state index in [4.69, 9.17) is 5.11 Å². The van der Waals surface area contributed by atoms with Crippen LogP contribution in [0.5, 0.6) is 0 Å². The number of aromatic carboxylic acids is 1. The number of rotatable bonds is 2. The standard InChI is InChI=1S/C15H20N2O2/c18-15(19)13-8-7-12(10-16-13)17-9-3-5-11-4-1-2-6-14(11)17/h7-8,10-11,14H,1-6,9H2,(H,18,19)/t11-,14-/m1/s1. The van der Waals surface area contributed by atoms with Crippen LogP contribution in [0.25, 0.3) is 0 Å². The largest absolute Gasteiger partial charge is 0.477 e. The molecule has 1 aliphatic carbocycles. The Balaban J connectivity index is 1.81. The number of hydrogen-bond donors (Lipinski definition) is 1. The number of nitrogens with zero attached hydrogens (tertiary/aromatic N) is 2. The monoisotopic (exact) mass is 260 g/mol. The zero-order valence-electron chi connectivity index (χ0n) is 11.1. The van der Waals surface area contributed by atoms with Gasteiger partial charge >= 0.3 is 5.97 Å². The molecule has 1 aromatic rings. The molecule has 1 aromatic heterocycles. The summed E-state index contributed by atoms with van der Waals surface area (Å²) in [5.74, 6) is -0.137. The van der Waals surface area contributed by atoms with Crippen LogP contribution in [-0.4, -0.2) is 28.6 Å². The lowest BCUT2D eigenvalue weighted by Gasteiger charge is -2.45. The van der Waals surface area contributed by atoms with Gasteiger partial charge in [-0.05, 0) is 43.7 Å². The van der Waals surface area contributed by atoms with Crippen LogP contribution in [0.3, 0.4) is 0 Å². The molecule has 4 nitrogen and oxygen atoms in total. The van der Waals surface area contributed by atoms with Crippen LogP contribution in [0.4, 0.5) is 5.69 Å². The summed E-state index contributed by atoms with van der Waals surface area (Å²) in [5.41, 5.74) is 1.21. The van der Waals surface area contributed by atoms with Gasteiger partial charge in [-0.2, -0.15) is 0 Å². The van der Waals surface area contributed by atoms with E-state index in [-0.39, 0.29) is 5.69 Å². The van der Waals surface area contributed by atoms with Gasteiger partial charge < -0.3 is 10.0 Å². The van der Waals surface area contributed by atoms with E-state index in [2.05, 4.69) is 9.88 Å². The first-order chi connectivity index (χ1) is 9.25. The van der Waals surface area contributed by atoms with E-state index in [0.29, 0.717) is 6.04 Å². The molecule has 0 unspecified atom stereocenters. The van der Waals surface area contributed by atoms with E-state index < -0.39 is 5.97 Å². The summed E-state index contributed by atoms with van der Waals surface area (Å²) in [6, 6.07) is 4.16. The average molecular weight is 260 g/mol. The van der Waals surface area contributed by atoms with Crippen molar-refractivity contribution in [3.05, 3.63) is 24.0 Å². The number of carboxylic acids is 1. The van der Waals surface area contributed by atoms with E-state index in [1.165, 1.54) is 38.5 Å². The third-order valence-electron chi connectivity index (χ3n) is 4.54. The first-order valence-corrected chi connectivity index (χ1v) is 7.22. The topological polar surface area (TPSA) is 53.4 Å². The second-order valence-corrected chi connectivity index (χ2v) is 5.65. The van der Waals surface area contributed by atoms with E-state index in [1.807, 2.05) is 6.07 Å². The first kappa shape index (κ1) is 12.5. The van der Waals surface area contributed by atoms with Crippen LogP contribution in [-0.2, 0) is 0 Å². The zero-order chi connectivity index (χ0) is 13.2. The minimum absolute atomic E-state index is 0.126. The molecule has 0 aromatic carbocycles. The molecule has 102 valence electrons. The minimum atomic E-state index is -0.958. The Morgan fingerprint density at radius 1 is 1.21 bits per heavy atom. The van der Waals surface area contributed by atoms with Crippen LogP contribution in [0, 0.1) is 5.92 Å². The Morgan fingerprint density at radius 2 is 2.00 bits per heavy atom. The summed E-state index contributed by atoms with van der Waals surface area (Å²) in [4.78, 5) is 17.3. The fourth-order valence-electron chi connectivity index (χ4n) is 3.63. The van der Waals surface area contributed by atoms with Crippen molar-refractivity contribution in [2.45, 2.75) is 44.6 Å². The molecule has 2 heterocycles. The summed E-state index contributed by atoms with van der Waals surface area (Å²) in [5, 5.41) is 8.90. The van der Waals surface area contributed by atoms with Gasteiger partial charge in [0.25, 0.3) is 0 Å². The molecule has 1 N–H and O–H groups in total. The smallest absolute Gasteiger partial charge is 0.354 e. The molecule has 2 fully saturated rings. The van der Waals surface area contributed by atoms with Crippen LogP contribution in [0.1, 0.15) is 49.0 Å². The Labute approximate surface area is 113 Å². The molecule has 0 amide bonds. The van der Waals surface area contributed by atoms with Crippen molar-refractivity contribution in [1.82, 2.24) is 4.98 Å². The van der Waals surface area contributed by atoms with Crippen LogP contribution >= 0.6 is 0 Å². The van der Waals surface area contributed by atoms with Gasteiger partial charge in [0.1, 0.15) is 5.69 Å². The van der Waals surface area contributed by atoms with E-state index in [1.54, 1.807) is 12.3 Å². The number of carbonyl (C=O) groups is 1.